The molecule has 0 aliphatic carbocycles. The number of hydrogen-bond donors (Lipinski definition) is 1. The van der Waals surface area contributed by atoms with Crippen molar-refractivity contribution in [3.8, 4) is 5.75 Å². The van der Waals surface area contributed by atoms with Crippen molar-refractivity contribution in [2.24, 2.45) is 0 Å². The third-order valence-corrected chi connectivity index (χ3v) is 3.81. The summed E-state index contributed by atoms with van der Waals surface area (Å²) in [7, 11) is 0. The number of carbonyl (C=O) groups is 1. The highest BCUT2D eigenvalue weighted by molar-refractivity contribution is 5.97. The number of nitrogens with one attached hydrogen (secondary N) is 1. The molecule has 5 nitrogen and oxygen atoms in total. The second kappa shape index (κ2) is 7.25. The second-order valence-corrected chi connectivity index (χ2v) is 5.71. The van der Waals surface area contributed by atoms with Crippen LogP contribution in [0.4, 0.5) is 0 Å². The van der Waals surface area contributed by atoms with E-state index < -0.39 is 0 Å². The Hall–Kier alpha value is -2.69. The molecule has 0 saturated carbocycles. The van der Waals surface area contributed by atoms with E-state index in [9.17, 15) is 4.79 Å². The van der Waals surface area contributed by atoms with Crippen molar-refractivity contribution < 1.29 is 13.9 Å². The number of aromatic nitrogens is 1. The molecule has 0 saturated heterocycles. The molecule has 2 aromatic heterocycles. The molecular weight excluding hydrogens is 304 g/mol. The van der Waals surface area contributed by atoms with Gasteiger partial charge in [0.1, 0.15) is 23.8 Å². The average molecular weight is 326 g/mol. The van der Waals surface area contributed by atoms with Gasteiger partial charge in [-0.15, -0.1) is 0 Å². The molecule has 126 valence electrons. The molecule has 3 rings (SSSR count). The molecule has 3 aromatic rings. The first-order chi connectivity index (χ1) is 11.7. The third-order valence-electron chi connectivity index (χ3n) is 3.81. The quantitative estimate of drug-likeness (QED) is 0.719. The fourth-order valence-electron chi connectivity index (χ4n) is 2.69. The highest BCUT2D eigenvalue weighted by Crippen LogP contribution is 2.24. The van der Waals surface area contributed by atoms with E-state index in [0.717, 1.165) is 29.0 Å². The number of benzene rings is 1. The number of rotatable bonds is 7. The standard InChI is InChI=1S/C19H22N2O3/c1-3-9-20-19(22)17-13-18-16(12-14(2)24-18)21(17)10-11-23-15-7-5-4-6-8-15/h4-8,12-13H,3,9-11H2,1-2H3,(H,20,22). The fourth-order valence-corrected chi connectivity index (χ4v) is 2.69. The van der Waals surface area contributed by atoms with E-state index in [-0.39, 0.29) is 5.91 Å². The van der Waals surface area contributed by atoms with Crippen molar-refractivity contribution >= 4 is 17.0 Å². The molecular formula is C19H22N2O3. The van der Waals surface area contributed by atoms with Crippen molar-refractivity contribution in [3.05, 3.63) is 53.9 Å². The van der Waals surface area contributed by atoms with E-state index in [2.05, 4.69) is 5.32 Å². The summed E-state index contributed by atoms with van der Waals surface area (Å²) in [4.78, 5) is 12.4. The summed E-state index contributed by atoms with van der Waals surface area (Å²) in [5.74, 6) is 1.57. The molecule has 0 aliphatic rings. The van der Waals surface area contributed by atoms with E-state index >= 15 is 0 Å². The van der Waals surface area contributed by atoms with E-state index in [4.69, 9.17) is 9.15 Å². The van der Waals surface area contributed by atoms with Gasteiger partial charge in [0, 0.05) is 18.7 Å². The van der Waals surface area contributed by atoms with Gasteiger partial charge in [-0.05, 0) is 25.5 Å². The summed E-state index contributed by atoms with van der Waals surface area (Å²) >= 11 is 0. The maximum Gasteiger partial charge on any atom is 0.268 e. The number of furan rings is 1. The van der Waals surface area contributed by atoms with Gasteiger partial charge in [0.25, 0.3) is 5.91 Å². The number of amides is 1. The van der Waals surface area contributed by atoms with Gasteiger partial charge >= 0.3 is 0 Å². The number of carbonyl (C=O) groups excluding carboxylic acids is 1. The first kappa shape index (κ1) is 16.2. The van der Waals surface area contributed by atoms with Crippen molar-refractivity contribution in [1.82, 2.24) is 9.88 Å². The lowest BCUT2D eigenvalue weighted by molar-refractivity contribution is 0.0944. The zero-order chi connectivity index (χ0) is 16.9. The van der Waals surface area contributed by atoms with E-state index in [1.807, 2.05) is 54.8 Å². The van der Waals surface area contributed by atoms with Crippen molar-refractivity contribution in [2.45, 2.75) is 26.8 Å². The van der Waals surface area contributed by atoms with Crippen LogP contribution in [0.1, 0.15) is 29.6 Å². The Kier molecular flexibility index (Phi) is 4.89. The normalized spacial score (nSPS) is 10.9. The molecule has 0 spiro atoms. The zero-order valence-electron chi connectivity index (χ0n) is 14.0. The summed E-state index contributed by atoms with van der Waals surface area (Å²) in [6, 6.07) is 13.4. The average Bonchev–Trinajstić information content (AvgIpc) is 3.10. The number of hydrogen-bond acceptors (Lipinski definition) is 3. The SMILES string of the molecule is CCCNC(=O)c1cc2oc(C)cc2n1CCOc1ccccc1. The Balaban J connectivity index is 1.79. The van der Waals surface area contributed by atoms with Crippen LogP contribution in [0.15, 0.2) is 46.9 Å². The number of para-hydroxylation sites is 1. The predicted octanol–water partition coefficient (Wildman–Crippen LogP) is 3.76. The first-order valence-corrected chi connectivity index (χ1v) is 8.24. The second-order valence-electron chi connectivity index (χ2n) is 5.71. The van der Waals surface area contributed by atoms with Gasteiger partial charge in [0.2, 0.25) is 0 Å². The van der Waals surface area contributed by atoms with Gasteiger partial charge in [0.15, 0.2) is 5.58 Å². The highest BCUT2D eigenvalue weighted by Gasteiger charge is 2.18. The summed E-state index contributed by atoms with van der Waals surface area (Å²) in [6.45, 7) is 5.65. The number of fused-ring (bicyclic) bond motifs is 1. The lowest BCUT2D eigenvalue weighted by atomic mass is 10.3. The predicted molar refractivity (Wildman–Crippen MR) is 93.5 cm³/mol. The molecule has 0 bridgehead atoms. The van der Waals surface area contributed by atoms with Crippen LogP contribution in [-0.4, -0.2) is 23.6 Å². The minimum Gasteiger partial charge on any atom is -0.492 e. The van der Waals surface area contributed by atoms with Crippen LogP contribution in [0.5, 0.6) is 5.75 Å². The summed E-state index contributed by atoms with van der Waals surface area (Å²) in [5.41, 5.74) is 2.26. The lowest BCUT2D eigenvalue weighted by Gasteiger charge is -2.11. The Bertz CT molecular complexity index is 818. The monoisotopic (exact) mass is 326 g/mol. The smallest absolute Gasteiger partial charge is 0.268 e. The van der Waals surface area contributed by atoms with Gasteiger partial charge in [0.05, 0.1) is 12.1 Å². The van der Waals surface area contributed by atoms with Gasteiger partial charge < -0.3 is 19.0 Å². The molecule has 0 atom stereocenters. The molecule has 0 aliphatic heterocycles. The number of nitrogens with zero attached hydrogens (tertiary/aromatic N) is 1. The molecule has 1 N–H and O–H groups in total. The first-order valence-electron chi connectivity index (χ1n) is 8.24. The molecule has 1 aromatic carbocycles. The van der Waals surface area contributed by atoms with Gasteiger partial charge in [-0.25, -0.2) is 0 Å². The number of ether oxygens (including phenoxy) is 1. The van der Waals surface area contributed by atoms with Crippen LogP contribution < -0.4 is 10.1 Å². The summed E-state index contributed by atoms with van der Waals surface area (Å²) in [5, 5.41) is 2.92. The van der Waals surface area contributed by atoms with Crippen LogP contribution in [0.3, 0.4) is 0 Å². The Morgan fingerprint density at radius 3 is 2.79 bits per heavy atom. The maximum absolute atomic E-state index is 12.4. The zero-order valence-corrected chi connectivity index (χ0v) is 14.0. The van der Waals surface area contributed by atoms with Crippen molar-refractivity contribution in [3.63, 3.8) is 0 Å². The van der Waals surface area contributed by atoms with Crippen LogP contribution in [0, 0.1) is 6.92 Å². The molecule has 5 heteroatoms. The summed E-state index contributed by atoms with van der Waals surface area (Å²) < 4.78 is 13.4. The lowest BCUT2D eigenvalue weighted by Crippen LogP contribution is -2.27. The minimum atomic E-state index is -0.0828. The van der Waals surface area contributed by atoms with Crippen LogP contribution in [0.2, 0.25) is 0 Å². The third kappa shape index (κ3) is 3.45. The molecule has 0 radical (unpaired) electrons. The molecule has 1 amide bonds. The van der Waals surface area contributed by atoms with Gasteiger partial charge in [-0.3, -0.25) is 4.79 Å². The largest absolute Gasteiger partial charge is 0.492 e. The molecule has 24 heavy (non-hydrogen) atoms. The number of aryl methyl sites for hydroxylation is 1. The van der Waals surface area contributed by atoms with E-state index in [1.54, 1.807) is 6.07 Å². The Morgan fingerprint density at radius 2 is 2.04 bits per heavy atom. The van der Waals surface area contributed by atoms with Crippen LogP contribution >= 0.6 is 0 Å². The Morgan fingerprint density at radius 1 is 1.25 bits per heavy atom. The maximum atomic E-state index is 12.4. The molecule has 0 fully saturated rings. The Labute approximate surface area is 141 Å². The topological polar surface area (TPSA) is 56.4 Å². The van der Waals surface area contributed by atoms with Crippen molar-refractivity contribution in [2.75, 3.05) is 13.2 Å². The van der Waals surface area contributed by atoms with Gasteiger partial charge in [-0.1, -0.05) is 25.1 Å². The summed E-state index contributed by atoms with van der Waals surface area (Å²) in [6.07, 6.45) is 0.902. The highest BCUT2D eigenvalue weighted by atomic mass is 16.5. The van der Waals surface area contributed by atoms with E-state index in [0.29, 0.717) is 25.4 Å². The van der Waals surface area contributed by atoms with Crippen LogP contribution in [-0.2, 0) is 6.54 Å². The molecule has 2 heterocycles. The van der Waals surface area contributed by atoms with Crippen molar-refractivity contribution in [1.29, 1.82) is 0 Å². The minimum absolute atomic E-state index is 0.0828. The van der Waals surface area contributed by atoms with E-state index in [1.165, 1.54) is 0 Å². The fraction of sp³-hybridized carbons (Fsp3) is 0.316. The molecule has 0 unspecified atom stereocenters. The van der Waals surface area contributed by atoms with Gasteiger partial charge in [-0.2, -0.15) is 0 Å². The van der Waals surface area contributed by atoms with Crippen LogP contribution in [0.25, 0.3) is 11.1 Å².